The van der Waals surface area contributed by atoms with Gasteiger partial charge in [0.2, 0.25) is 0 Å². The van der Waals surface area contributed by atoms with Gasteiger partial charge in [-0.3, -0.25) is 0 Å². The lowest BCUT2D eigenvalue weighted by Gasteiger charge is -2.05. The second-order valence-corrected chi connectivity index (χ2v) is 3.98. The van der Waals surface area contributed by atoms with Gasteiger partial charge in [0, 0.05) is 0 Å². The third-order valence-corrected chi connectivity index (χ3v) is 2.81. The van der Waals surface area contributed by atoms with Gasteiger partial charge < -0.3 is 4.57 Å². The zero-order valence-corrected chi connectivity index (χ0v) is 9.82. The van der Waals surface area contributed by atoms with Gasteiger partial charge in [0.05, 0.1) is 12.7 Å². The molecule has 2 aromatic heterocycles. The molecule has 0 aliphatic heterocycles. The molecule has 1 aromatic carbocycles. The largest absolute Gasteiger partial charge is 0.305 e. The molecule has 0 atom stereocenters. The summed E-state index contributed by atoms with van der Waals surface area (Å²) in [5.41, 5.74) is 2.84. The molecule has 0 spiro atoms. The molecule has 0 aliphatic carbocycles. The maximum Gasteiger partial charge on any atom is 0.163 e. The maximum atomic E-state index is 4.45. The summed E-state index contributed by atoms with van der Waals surface area (Å²) < 4.78 is 2.04. The third-order valence-electron chi connectivity index (χ3n) is 2.81. The van der Waals surface area contributed by atoms with E-state index in [-0.39, 0.29) is 0 Å². The van der Waals surface area contributed by atoms with Crippen LogP contribution in [0, 0.1) is 0 Å². The molecule has 2 heterocycles. The van der Waals surface area contributed by atoms with Crippen molar-refractivity contribution in [2.45, 2.75) is 6.54 Å². The number of hydrogen-bond donors (Lipinski definition) is 0. The van der Waals surface area contributed by atoms with E-state index < -0.39 is 0 Å². The van der Waals surface area contributed by atoms with E-state index in [1.165, 1.54) is 5.56 Å². The number of aromatic nitrogens is 4. The van der Waals surface area contributed by atoms with Crippen molar-refractivity contribution in [2.75, 3.05) is 0 Å². The SMILES string of the molecule is C=Cc1nc2cncnc2n1Cc1ccccc1. The smallest absolute Gasteiger partial charge is 0.163 e. The summed E-state index contributed by atoms with van der Waals surface area (Å²) in [6.45, 7) is 4.53. The molecule has 0 saturated carbocycles. The van der Waals surface area contributed by atoms with Crippen molar-refractivity contribution in [3.8, 4) is 0 Å². The van der Waals surface area contributed by atoms with Gasteiger partial charge in [0.25, 0.3) is 0 Å². The fourth-order valence-corrected chi connectivity index (χ4v) is 1.97. The van der Waals surface area contributed by atoms with E-state index in [1.54, 1.807) is 18.6 Å². The zero-order chi connectivity index (χ0) is 12.4. The van der Waals surface area contributed by atoms with Crippen LogP contribution >= 0.6 is 0 Å². The first-order valence-electron chi connectivity index (χ1n) is 5.71. The number of nitrogens with zero attached hydrogens (tertiary/aromatic N) is 4. The minimum Gasteiger partial charge on any atom is -0.305 e. The van der Waals surface area contributed by atoms with Crippen LogP contribution in [0.1, 0.15) is 11.4 Å². The molecule has 0 amide bonds. The van der Waals surface area contributed by atoms with Gasteiger partial charge in [-0.1, -0.05) is 36.9 Å². The van der Waals surface area contributed by atoms with Crippen molar-refractivity contribution < 1.29 is 0 Å². The Hall–Kier alpha value is -2.49. The molecule has 0 bridgehead atoms. The normalized spacial score (nSPS) is 10.7. The molecule has 4 heteroatoms. The van der Waals surface area contributed by atoms with E-state index in [9.17, 15) is 0 Å². The molecule has 4 nitrogen and oxygen atoms in total. The molecule has 0 aliphatic rings. The number of imidazole rings is 1. The second kappa shape index (κ2) is 4.41. The first kappa shape index (κ1) is 10.7. The van der Waals surface area contributed by atoms with Crippen molar-refractivity contribution in [3.63, 3.8) is 0 Å². The van der Waals surface area contributed by atoms with E-state index in [1.807, 2.05) is 22.8 Å². The molecular formula is C14H12N4. The molecule has 0 fully saturated rings. The first-order valence-corrected chi connectivity index (χ1v) is 5.71. The Morgan fingerprint density at radius 3 is 2.83 bits per heavy atom. The summed E-state index contributed by atoms with van der Waals surface area (Å²) in [6, 6.07) is 10.2. The number of benzene rings is 1. The van der Waals surface area contributed by atoms with Crippen LogP contribution in [0.3, 0.4) is 0 Å². The minimum atomic E-state index is 0.732. The lowest BCUT2D eigenvalue weighted by atomic mass is 10.2. The maximum absolute atomic E-state index is 4.45. The Morgan fingerprint density at radius 1 is 1.22 bits per heavy atom. The van der Waals surface area contributed by atoms with E-state index in [0.717, 1.165) is 23.5 Å². The van der Waals surface area contributed by atoms with Gasteiger partial charge in [-0.25, -0.2) is 15.0 Å². The summed E-state index contributed by atoms with van der Waals surface area (Å²) in [4.78, 5) is 12.7. The van der Waals surface area contributed by atoms with Gasteiger partial charge >= 0.3 is 0 Å². The predicted octanol–water partition coefficient (Wildman–Crippen LogP) is 2.52. The molecule has 18 heavy (non-hydrogen) atoms. The number of fused-ring (bicyclic) bond motifs is 1. The van der Waals surface area contributed by atoms with Gasteiger partial charge in [0.1, 0.15) is 17.7 Å². The number of rotatable bonds is 3. The molecule has 88 valence electrons. The summed E-state index contributed by atoms with van der Waals surface area (Å²) in [5.74, 6) is 0.814. The topological polar surface area (TPSA) is 43.6 Å². The highest BCUT2D eigenvalue weighted by molar-refractivity contribution is 5.72. The Morgan fingerprint density at radius 2 is 2.06 bits per heavy atom. The Balaban J connectivity index is 2.12. The van der Waals surface area contributed by atoms with Crippen molar-refractivity contribution in [2.24, 2.45) is 0 Å². The van der Waals surface area contributed by atoms with Gasteiger partial charge in [-0.15, -0.1) is 0 Å². The lowest BCUT2D eigenvalue weighted by Crippen LogP contribution is -2.02. The van der Waals surface area contributed by atoms with E-state index in [0.29, 0.717) is 0 Å². The standard InChI is InChI=1S/C14H12N4/c1-2-13-17-12-8-15-10-16-14(12)18(13)9-11-6-4-3-5-7-11/h2-8,10H,1,9H2. The molecule has 0 unspecified atom stereocenters. The van der Waals surface area contributed by atoms with Gasteiger partial charge in [0.15, 0.2) is 5.65 Å². The van der Waals surface area contributed by atoms with Crippen LogP contribution in [-0.4, -0.2) is 19.5 Å². The van der Waals surface area contributed by atoms with Crippen LogP contribution < -0.4 is 0 Å². The Kier molecular flexibility index (Phi) is 2.61. The van der Waals surface area contributed by atoms with Crippen LogP contribution in [0.2, 0.25) is 0 Å². The molecule has 0 radical (unpaired) electrons. The zero-order valence-electron chi connectivity index (χ0n) is 9.82. The minimum absolute atomic E-state index is 0.732. The number of hydrogen-bond acceptors (Lipinski definition) is 3. The van der Waals surface area contributed by atoms with Crippen molar-refractivity contribution in [3.05, 3.63) is 60.8 Å². The molecule has 3 rings (SSSR count). The van der Waals surface area contributed by atoms with Crippen LogP contribution in [0.25, 0.3) is 17.2 Å². The van der Waals surface area contributed by atoms with E-state index in [2.05, 4.69) is 33.7 Å². The van der Waals surface area contributed by atoms with Crippen LogP contribution in [0.4, 0.5) is 0 Å². The fourth-order valence-electron chi connectivity index (χ4n) is 1.97. The first-order chi connectivity index (χ1) is 8.88. The summed E-state index contributed by atoms with van der Waals surface area (Å²) >= 11 is 0. The predicted molar refractivity (Wildman–Crippen MR) is 71.0 cm³/mol. The average molecular weight is 236 g/mol. The van der Waals surface area contributed by atoms with Crippen LogP contribution in [0.15, 0.2) is 49.4 Å². The highest BCUT2D eigenvalue weighted by atomic mass is 15.1. The van der Waals surface area contributed by atoms with Gasteiger partial charge in [-0.05, 0) is 11.6 Å². The van der Waals surface area contributed by atoms with Crippen LogP contribution in [0.5, 0.6) is 0 Å². The van der Waals surface area contributed by atoms with E-state index >= 15 is 0 Å². The van der Waals surface area contributed by atoms with E-state index in [4.69, 9.17) is 0 Å². The van der Waals surface area contributed by atoms with Gasteiger partial charge in [-0.2, -0.15) is 0 Å². The fraction of sp³-hybridized carbons (Fsp3) is 0.0714. The molecule has 0 saturated heterocycles. The average Bonchev–Trinajstić information content (AvgIpc) is 2.78. The van der Waals surface area contributed by atoms with Crippen LogP contribution in [-0.2, 0) is 6.54 Å². The Bertz CT molecular complexity index is 685. The summed E-state index contributed by atoms with van der Waals surface area (Å²) in [5, 5.41) is 0. The third kappa shape index (κ3) is 1.78. The highest BCUT2D eigenvalue weighted by Gasteiger charge is 2.09. The quantitative estimate of drug-likeness (QED) is 0.701. The lowest BCUT2D eigenvalue weighted by molar-refractivity contribution is 0.803. The monoisotopic (exact) mass is 236 g/mol. The van der Waals surface area contributed by atoms with Crippen molar-refractivity contribution in [1.82, 2.24) is 19.5 Å². The molecular weight excluding hydrogens is 224 g/mol. The van der Waals surface area contributed by atoms with Crippen molar-refractivity contribution >= 4 is 17.2 Å². The second-order valence-electron chi connectivity index (χ2n) is 3.98. The highest BCUT2D eigenvalue weighted by Crippen LogP contribution is 2.15. The summed E-state index contributed by atoms with van der Waals surface area (Å²) in [6.07, 6.45) is 5.00. The Labute approximate surface area is 105 Å². The molecule has 3 aromatic rings. The van der Waals surface area contributed by atoms with Crippen molar-refractivity contribution in [1.29, 1.82) is 0 Å². The molecule has 0 N–H and O–H groups in total. The summed E-state index contributed by atoms with van der Waals surface area (Å²) in [7, 11) is 0.